The fourth-order valence-electron chi connectivity index (χ4n) is 5.86. The molecular formula is C30H31F2NO3. The van der Waals surface area contributed by atoms with Gasteiger partial charge in [-0.15, -0.1) is 0 Å². The minimum Gasteiger partial charge on any atom is -0.490 e. The second-order valence-corrected chi connectivity index (χ2v) is 9.88. The predicted octanol–water partition coefficient (Wildman–Crippen LogP) is 6.11. The molecule has 0 amide bonds. The highest BCUT2D eigenvalue weighted by Gasteiger charge is 2.30. The van der Waals surface area contributed by atoms with E-state index in [1.165, 1.54) is 24.3 Å². The minimum atomic E-state index is -0.361. The van der Waals surface area contributed by atoms with Crippen molar-refractivity contribution in [2.24, 2.45) is 0 Å². The highest BCUT2D eigenvalue weighted by atomic mass is 19.1. The number of ether oxygens (including phenoxy) is 2. The zero-order valence-corrected chi connectivity index (χ0v) is 21.3. The van der Waals surface area contributed by atoms with Crippen molar-refractivity contribution < 1.29 is 23.0 Å². The lowest BCUT2D eigenvalue weighted by Gasteiger charge is -2.25. The molecule has 2 aliphatic heterocycles. The summed E-state index contributed by atoms with van der Waals surface area (Å²) in [6.45, 7) is 8.68. The largest absolute Gasteiger partial charge is 0.490 e. The van der Waals surface area contributed by atoms with Gasteiger partial charge in [-0.3, -0.25) is 9.69 Å². The Balaban J connectivity index is 1.64. The van der Waals surface area contributed by atoms with Crippen molar-refractivity contribution in [2.75, 3.05) is 13.7 Å². The molecule has 2 aliphatic rings. The van der Waals surface area contributed by atoms with Crippen LogP contribution in [0.3, 0.4) is 0 Å². The summed E-state index contributed by atoms with van der Waals surface area (Å²) in [7, 11) is 1.39. The SMILES string of the molecule is COC(=O)Cc1c(C)c2c(c(C)c1-c1cc(F)c3c(c1C)CCCO3)CN(Cc1cccc(F)c1)C2. The van der Waals surface area contributed by atoms with Crippen LogP contribution in [0.25, 0.3) is 11.1 Å². The molecular weight excluding hydrogens is 460 g/mol. The molecule has 2 heterocycles. The van der Waals surface area contributed by atoms with Gasteiger partial charge in [0.15, 0.2) is 11.6 Å². The van der Waals surface area contributed by atoms with Gasteiger partial charge in [-0.05, 0) is 102 Å². The Labute approximate surface area is 210 Å². The van der Waals surface area contributed by atoms with Crippen molar-refractivity contribution >= 4 is 5.97 Å². The van der Waals surface area contributed by atoms with Crippen molar-refractivity contribution in [3.63, 3.8) is 0 Å². The zero-order valence-electron chi connectivity index (χ0n) is 21.3. The first kappa shape index (κ1) is 24.4. The molecule has 0 unspecified atom stereocenters. The number of nitrogens with zero attached hydrogens (tertiary/aromatic N) is 1. The van der Waals surface area contributed by atoms with Crippen molar-refractivity contribution in [2.45, 2.75) is 59.7 Å². The lowest BCUT2D eigenvalue weighted by molar-refractivity contribution is -0.139. The summed E-state index contributed by atoms with van der Waals surface area (Å²) >= 11 is 0. The van der Waals surface area contributed by atoms with Crippen LogP contribution in [0, 0.1) is 32.4 Å². The van der Waals surface area contributed by atoms with E-state index in [2.05, 4.69) is 11.8 Å². The molecule has 0 bridgehead atoms. The number of hydrogen-bond acceptors (Lipinski definition) is 4. The Hall–Kier alpha value is -3.25. The van der Waals surface area contributed by atoms with Crippen molar-refractivity contribution in [1.29, 1.82) is 0 Å². The van der Waals surface area contributed by atoms with Gasteiger partial charge in [0.2, 0.25) is 0 Å². The second-order valence-electron chi connectivity index (χ2n) is 9.88. The zero-order chi connectivity index (χ0) is 25.6. The van der Waals surface area contributed by atoms with Crippen LogP contribution in [0.1, 0.15) is 50.9 Å². The Kier molecular flexibility index (Phi) is 6.56. The van der Waals surface area contributed by atoms with Gasteiger partial charge in [-0.2, -0.15) is 0 Å². The quantitative estimate of drug-likeness (QED) is 0.404. The molecule has 0 saturated carbocycles. The molecule has 0 aromatic heterocycles. The third kappa shape index (κ3) is 4.28. The van der Waals surface area contributed by atoms with E-state index >= 15 is 4.39 Å². The molecule has 0 spiro atoms. The van der Waals surface area contributed by atoms with Crippen LogP contribution in [-0.2, 0) is 42.0 Å². The topological polar surface area (TPSA) is 38.8 Å². The molecule has 3 aromatic carbocycles. The fourth-order valence-corrected chi connectivity index (χ4v) is 5.86. The summed E-state index contributed by atoms with van der Waals surface area (Å²) in [4.78, 5) is 14.8. The lowest BCUT2D eigenvalue weighted by Crippen LogP contribution is -2.15. The van der Waals surface area contributed by atoms with Gasteiger partial charge in [0.25, 0.3) is 0 Å². The van der Waals surface area contributed by atoms with Crippen LogP contribution in [0.5, 0.6) is 5.75 Å². The Bertz CT molecular complexity index is 1370. The molecule has 5 rings (SSSR count). The van der Waals surface area contributed by atoms with Gasteiger partial charge in [0.1, 0.15) is 5.82 Å². The van der Waals surface area contributed by atoms with Gasteiger partial charge in [-0.25, -0.2) is 8.78 Å². The number of hydrogen-bond donors (Lipinski definition) is 0. The summed E-state index contributed by atoms with van der Waals surface area (Å²) in [6.07, 6.45) is 1.73. The molecule has 0 saturated heterocycles. The second kappa shape index (κ2) is 9.66. The first-order valence-electron chi connectivity index (χ1n) is 12.4. The number of carbonyl (C=O) groups is 1. The van der Waals surface area contributed by atoms with E-state index in [-0.39, 0.29) is 24.0 Å². The van der Waals surface area contributed by atoms with Crippen LogP contribution in [0.15, 0.2) is 30.3 Å². The number of halogens is 2. The maximum atomic E-state index is 15.2. The third-order valence-corrected chi connectivity index (χ3v) is 7.71. The summed E-state index contributed by atoms with van der Waals surface area (Å²) in [5.41, 5.74) is 9.89. The number of methoxy groups -OCH3 is 1. The van der Waals surface area contributed by atoms with E-state index in [0.717, 1.165) is 57.3 Å². The summed E-state index contributed by atoms with van der Waals surface area (Å²) in [5, 5.41) is 0. The van der Waals surface area contributed by atoms with Crippen LogP contribution in [-0.4, -0.2) is 24.6 Å². The van der Waals surface area contributed by atoms with Crippen molar-refractivity contribution in [3.05, 3.63) is 86.5 Å². The highest BCUT2D eigenvalue weighted by molar-refractivity contribution is 5.84. The van der Waals surface area contributed by atoms with E-state index in [1.807, 2.05) is 19.9 Å². The first-order valence-corrected chi connectivity index (χ1v) is 12.4. The summed E-state index contributed by atoms with van der Waals surface area (Å²) < 4.78 is 39.7. The predicted molar refractivity (Wildman–Crippen MR) is 135 cm³/mol. The van der Waals surface area contributed by atoms with Crippen molar-refractivity contribution in [3.8, 4) is 16.9 Å². The molecule has 188 valence electrons. The first-order chi connectivity index (χ1) is 17.3. The molecule has 4 nitrogen and oxygen atoms in total. The molecule has 0 atom stereocenters. The summed E-state index contributed by atoms with van der Waals surface area (Å²) in [6, 6.07) is 8.24. The smallest absolute Gasteiger partial charge is 0.310 e. The van der Waals surface area contributed by atoms with Crippen molar-refractivity contribution in [1.82, 2.24) is 4.90 Å². The number of fused-ring (bicyclic) bond motifs is 2. The average Bonchev–Trinajstić information content (AvgIpc) is 3.29. The van der Waals surface area contributed by atoms with Crippen LogP contribution in [0.4, 0.5) is 8.78 Å². The van der Waals surface area contributed by atoms with Gasteiger partial charge >= 0.3 is 5.97 Å². The van der Waals surface area contributed by atoms with Gasteiger partial charge in [0.05, 0.1) is 20.1 Å². The van der Waals surface area contributed by atoms with Crippen LogP contribution >= 0.6 is 0 Å². The highest BCUT2D eigenvalue weighted by Crippen LogP contribution is 2.44. The number of carbonyl (C=O) groups excluding carboxylic acids is 1. The molecule has 3 aromatic rings. The van der Waals surface area contributed by atoms with Crippen LogP contribution in [0.2, 0.25) is 0 Å². The van der Waals surface area contributed by atoms with E-state index in [9.17, 15) is 9.18 Å². The molecule has 6 heteroatoms. The van der Waals surface area contributed by atoms with Gasteiger partial charge in [0, 0.05) is 25.2 Å². The fraction of sp³-hybridized carbons (Fsp3) is 0.367. The summed E-state index contributed by atoms with van der Waals surface area (Å²) in [5.74, 6) is -0.575. The monoisotopic (exact) mass is 491 g/mol. The standard InChI is InChI=1S/C30H31F2NO3/c1-17-22-9-6-10-36-30(22)27(32)12-23(17)29-19(3)26-16-33(14-20-7-5-8-21(31)11-20)15-25(26)18(2)24(29)13-28(34)35-4/h5,7-8,11-12H,6,9-10,13-16H2,1-4H3. The lowest BCUT2D eigenvalue weighted by atomic mass is 9.81. The molecule has 36 heavy (non-hydrogen) atoms. The maximum absolute atomic E-state index is 15.2. The number of benzene rings is 3. The number of esters is 1. The molecule has 0 radical (unpaired) electrons. The Morgan fingerprint density at radius 2 is 1.78 bits per heavy atom. The molecule has 0 fully saturated rings. The van der Waals surface area contributed by atoms with E-state index in [1.54, 1.807) is 18.2 Å². The normalized spacial score (nSPS) is 14.8. The maximum Gasteiger partial charge on any atom is 0.310 e. The molecule has 0 N–H and O–H groups in total. The van der Waals surface area contributed by atoms with Gasteiger partial charge < -0.3 is 9.47 Å². The van der Waals surface area contributed by atoms with E-state index in [4.69, 9.17) is 9.47 Å². The third-order valence-electron chi connectivity index (χ3n) is 7.71. The molecule has 0 aliphatic carbocycles. The minimum absolute atomic E-state index is 0.115. The van der Waals surface area contributed by atoms with Gasteiger partial charge in [-0.1, -0.05) is 12.1 Å². The average molecular weight is 492 g/mol. The van der Waals surface area contributed by atoms with Crippen LogP contribution < -0.4 is 4.74 Å². The van der Waals surface area contributed by atoms with E-state index < -0.39 is 0 Å². The number of rotatable bonds is 5. The van der Waals surface area contributed by atoms with E-state index in [0.29, 0.717) is 32.0 Å². The Morgan fingerprint density at radius 3 is 2.50 bits per heavy atom. The Morgan fingerprint density at radius 1 is 1.03 bits per heavy atom.